The van der Waals surface area contributed by atoms with E-state index in [1.807, 2.05) is 4.90 Å². The van der Waals surface area contributed by atoms with Crippen molar-refractivity contribution in [3.8, 4) is 0 Å². The number of nitrogens with zero attached hydrogens (tertiary/aromatic N) is 1. The van der Waals surface area contributed by atoms with E-state index in [0.717, 1.165) is 0 Å². The van der Waals surface area contributed by atoms with Gasteiger partial charge in [0, 0.05) is 25.3 Å². The lowest BCUT2D eigenvalue weighted by atomic mass is 10.0. The number of rotatable bonds is 3. The zero-order valence-corrected chi connectivity index (χ0v) is 11.4. The molecule has 0 radical (unpaired) electrons. The monoisotopic (exact) mass is 288 g/mol. The van der Waals surface area contributed by atoms with Gasteiger partial charge in [-0.15, -0.1) is 0 Å². The Kier molecular flexibility index (Phi) is 4.55. The Hall–Kier alpha value is -1.27. The molecule has 20 heavy (non-hydrogen) atoms. The van der Waals surface area contributed by atoms with Crippen LogP contribution in [0.2, 0.25) is 0 Å². The topological polar surface area (TPSA) is 35.5 Å². The Balaban J connectivity index is 2.27. The van der Waals surface area contributed by atoms with Crippen molar-refractivity contribution in [2.24, 2.45) is 0 Å². The smallest absolute Gasteiger partial charge is 0.393 e. The van der Waals surface area contributed by atoms with Crippen molar-refractivity contribution in [1.29, 1.82) is 0 Å². The lowest BCUT2D eigenvalue weighted by Crippen LogP contribution is -2.36. The van der Waals surface area contributed by atoms with Gasteiger partial charge in [-0.25, -0.2) is 0 Å². The predicted molar refractivity (Wildman–Crippen MR) is 71.7 cm³/mol. The molecule has 0 saturated carbocycles. The molecule has 112 valence electrons. The summed E-state index contributed by atoms with van der Waals surface area (Å²) in [6.45, 7) is 1.36. The van der Waals surface area contributed by atoms with Gasteiger partial charge < -0.3 is 15.3 Å². The van der Waals surface area contributed by atoms with Crippen LogP contribution in [0.25, 0.3) is 0 Å². The minimum atomic E-state index is -4.35. The second-order valence-electron chi connectivity index (χ2n) is 5.09. The fourth-order valence-corrected chi connectivity index (χ4v) is 2.49. The molecule has 2 rings (SSSR count). The number of halogens is 3. The van der Waals surface area contributed by atoms with Crippen molar-refractivity contribution in [3.63, 3.8) is 0 Å². The zero-order chi connectivity index (χ0) is 14.8. The van der Waals surface area contributed by atoms with Gasteiger partial charge in [-0.2, -0.15) is 13.2 Å². The molecule has 0 bridgehead atoms. The molecule has 1 aliphatic heterocycles. The lowest BCUT2D eigenvalue weighted by Gasteiger charge is -2.32. The number of nitrogens with one attached hydrogen (secondary N) is 1. The van der Waals surface area contributed by atoms with Crippen LogP contribution in [0.3, 0.4) is 0 Å². The number of hydrogen-bond acceptors (Lipinski definition) is 3. The maximum absolute atomic E-state index is 13.1. The van der Waals surface area contributed by atoms with Crippen molar-refractivity contribution in [2.75, 3.05) is 25.0 Å². The zero-order valence-electron chi connectivity index (χ0n) is 11.4. The highest BCUT2D eigenvalue weighted by atomic mass is 19.4. The first-order valence-electron chi connectivity index (χ1n) is 6.69. The van der Waals surface area contributed by atoms with E-state index in [4.69, 9.17) is 0 Å². The minimum absolute atomic E-state index is 0.188. The third-order valence-corrected chi connectivity index (χ3v) is 3.60. The molecular formula is C14H19F3N2O. The molecule has 0 unspecified atom stereocenters. The summed E-state index contributed by atoms with van der Waals surface area (Å²) in [4.78, 5) is 1.89. The van der Waals surface area contributed by atoms with Gasteiger partial charge in [0.1, 0.15) is 0 Å². The van der Waals surface area contributed by atoms with E-state index in [0.29, 0.717) is 31.6 Å². The molecule has 1 fully saturated rings. The standard InChI is InChI=1S/C14H19F3N2O/c1-18-9-10-2-3-11(8-13(10)14(15,16)17)19-6-4-12(20)5-7-19/h2-3,8,12,18,20H,4-7,9H2,1H3. The van der Waals surface area contributed by atoms with Crippen LogP contribution in [0.5, 0.6) is 0 Å². The second kappa shape index (κ2) is 6.01. The quantitative estimate of drug-likeness (QED) is 0.896. The highest BCUT2D eigenvalue weighted by Crippen LogP contribution is 2.35. The van der Waals surface area contributed by atoms with E-state index in [1.165, 1.54) is 12.1 Å². The van der Waals surface area contributed by atoms with Gasteiger partial charge in [0.2, 0.25) is 0 Å². The van der Waals surface area contributed by atoms with Crippen LogP contribution >= 0.6 is 0 Å². The fourth-order valence-electron chi connectivity index (χ4n) is 2.49. The Morgan fingerprint density at radius 3 is 2.50 bits per heavy atom. The largest absolute Gasteiger partial charge is 0.416 e. The molecule has 1 aliphatic rings. The number of piperidine rings is 1. The van der Waals surface area contributed by atoms with Crippen molar-refractivity contribution >= 4 is 5.69 Å². The summed E-state index contributed by atoms with van der Waals surface area (Å²) in [7, 11) is 1.63. The van der Waals surface area contributed by atoms with Gasteiger partial charge in [-0.05, 0) is 37.6 Å². The average Bonchev–Trinajstić information content (AvgIpc) is 2.39. The third kappa shape index (κ3) is 3.43. The summed E-state index contributed by atoms with van der Waals surface area (Å²) in [6.07, 6.45) is -3.49. The van der Waals surface area contributed by atoms with Crippen molar-refractivity contribution in [1.82, 2.24) is 5.32 Å². The van der Waals surface area contributed by atoms with E-state index in [1.54, 1.807) is 13.1 Å². The molecule has 0 spiro atoms. The molecular weight excluding hydrogens is 269 g/mol. The number of aliphatic hydroxyl groups excluding tert-OH is 1. The van der Waals surface area contributed by atoms with Crippen LogP contribution in [-0.2, 0) is 12.7 Å². The van der Waals surface area contributed by atoms with E-state index in [9.17, 15) is 18.3 Å². The van der Waals surface area contributed by atoms with Gasteiger partial charge >= 0.3 is 6.18 Å². The van der Waals surface area contributed by atoms with Crippen LogP contribution in [0.4, 0.5) is 18.9 Å². The highest BCUT2D eigenvalue weighted by molar-refractivity contribution is 5.52. The van der Waals surface area contributed by atoms with Crippen LogP contribution in [0.1, 0.15) is 24.0 Å². The Labute approximate surface area is 116 Å². The fraction of sp³-hybridized carbons (Fsp3) is 0.571. The molecule has 3 nitrogen and oxygen atoms in total. The number of alkyl halides is 3. The van der Waals surface area contributed by atoms with Crippen LogP contribution in [0, 0.1) is 0 Å². The van der Waals surface area contributed by atoms with E-state index in [2.05, 4.69) is 5.32 Å². The summed E-state index contributed by atoms with van der Waals surface area (Å²) in [5.74, 6) is 0. The average molecular weight is 288 g/mol. The minimum Gasteiger partial charge on any atom is -0.393 e. The SMILES string of the molecule is CNCc1ccc(N2CCC(O)CC2)cc1C(F)(F)F. The highest BCUT2D eigenvalue weighted by Gasteiger charge is 2.34. The summed E-state index contributed by atoms with van der Waals surface area (Å²) in [5.41, 5.74) is 0.236. The molecule has 0 aromatic heterocycles. The molecule has 0 amide bonds. The van der Waals surface area contributed by atoms with Crippen LogP contribution in [-0.4, -0.2) is 31.3 Å². The summed E-state index contributed by atoms with van der Waals surface area (Å²) < 4.78 is 39.3. The Morgan fingerprint density at radius 1 is 1.30 bits per heavy atom. The molecule has 6 heteroatoms. The van der Waals surface area contributed by atoms with Gasteiger partial charge in [-0.3, -0.25) is 0 Å². The number of aliphatic hydroxyl groups is 1. The molecule has 1 aromatic carbocycles. The number of hydrogen-bond donors (Lipinski definition) is 2. The number of benzene rings is 1. The molecule has 0 aliphatic carbocycles. The predicted octanol–water partition coefficient (Wildman–Crippen LogP) is 2.39. The maximum Gasteiger partial charge on any atom is 0.416 e. The second-order valence-corrected chi connectivity index (χ2v) is 5.09. The van der Waals surface area contributed by atoms with Gasteiger partial charge in [-0.1, -0.05) is 6.07 Å². The summed E-state index contributed by atoms with van der Waals surface area (Å²) in [6, 6.07) is 4.46. The first-order valence-corrected chi connectivity index (χ1v) is 6.69. The van der Waals surface area contributed by atoms with Crippen molar-refractivity contribution < 1.29 is 18.3 Å². The molecule has 1 saturated heterocycles. The molecule has 1 heterocycles. The van der Waals surface area contributed by atoms with E-state index < -0.39 is 11.7 Å². The molecule has 1 aromatic rings. The van der Waals surface area contributed by atoms with Crippen LogP contribution in [0.15, 0.2) is 18.2 Å². The third-order valence-electron chi connectivity index (χ3n) is 3.60. The van der Waals surface area contributed by atoms with Gasteiger partial charge in [0.15, 0.2) is 0 Å². The maximum atomic E-state index is 13.1. The van der Waals surface area contributed by atoms with Gasteiger partial charge in [0.25, 0.3) is 0 Å². The number of anilines is 1. The summed E-state index contributed by atoms with van der Waals surface area (Å²) in [5, 5.41) is 12.2. The van der Waals surface area contributed by atoms with Crippen molar-refractivity contribution in [2.45, 2.75) is 31.7 Å². The first kappa shape index (κ1) is 15.1. The van der Waals surface area contributed by atoms with Crippen LogP contribution < -0.4 is 10.2 Å². The van der Waals surface area contributed by atoms with Gasteiger partial charge in [0.05, 0.1) is 11.7 Å². The van der Waals surface area contributed by atoms with E-state index >= 15 is 0 Å². The first-order chi connectivity index (χ1) is 9.41. The molecule has 0 atom stereocenters. The molecule has 2 N–H and O–H groups in total. The Morgan fingerprint density at radius 2 is 1.95 bits per heavy atom. The van der Waals surface area contributed by atoms with Crippen molar-refractivity contribution in [3.05, 3.63) is 29.3 Å². The normalized spacial score (nSPS) is 17.6. The van der Waals surface area contributed by atoms with E-state index in [-0.39, 0.29) is 18.2 Å². The lowest BCUT2D eigenvalue weighted by molar-refractivity contribution is -0.138. The summed E-state index contributed by atoms with van der Waals surface area (Å²) >= 11 is 0. The Bertz CT molecular complexity index is 454.